The summed E-state index contributed by atoms with van der Waals surface area (Å²) in [4.78, 5) is 47.4. The molecule has 0 bridgehead atoms. The number of carbonyl (C=O) groups excluding carboxylic acids is 2. The van der Waals surface area contributed by atoms with Crippen LogP contribution in [0.5, 0.6) is 0 Å². The molecule has 3 aromatic heterocycles. The van der Waals surface area contributed by atoms with Gasteiger partial charge in [0, 0.05) is 36.9 Å². The lowest BCUT2D eigenvalue weighted by molar-refractivity contribution is 0.0946. The van der Waals surface area contributed by atoms with Gasteiger partial charge in [0.05, 0.1) is 17.1 Å². The van der Waals surface area contributed by atoms with Crippen LogP contribution < -0.4 is 16.2 Å². The van der Waals surface area contributed by atoms with Crippen LogP contribution in [0, 0.1) is 13.8 Å². The van der Waals surface area contributed by atoms with Crippen molar-refractivity contribution in [2.75, 3.05) is 27.2 Å². The first kappa shape index (κ1) is 24.1. The third kappa shape index (κ3) is 5.46. The van der Waals surface area contributed by atoms with Gasteiger partial charge in [-0.2, -0.15) is 5.10 Å². The molecule has 0 radical (unpaired) electrons. The molecule has 176 valence electrons. The number of nitrogens with zero attached hydrogens (tertiary/aromatic N) is 4. The second kappa shape index (κ2) is 9.95. The average molecular weight is 454 g/mol. The predicted molar refractivity (Wildman–Crippen MR) is 127 cm³/mol. The van der Waals surface area contributed by atoms with Gasteiger partial charge in [0.15, 0.2) is 5.65 Å². The second-order valence-electron chi connectivity index (χ2n) is 8.66. The van der Waals surface area contributed by atoms with Gasteiger partial charge in [0.1, 0.15) is 5.69 Å². The van der Waals surface area contributed by atoms with Gasteiger partial charge in [-0.3, -0.25) is 14.4 Å². The molecular formula is C23H31N7O3. The van der Waals surface area contributed by atoms with Gasteiger partial charge >= 0.3 is 0 Å². The molecule has 0 aromatic carbocycles. The average Bonchev–Trinajstić information content (AvgIpc) is 3.16. The van der Waals surface area contributed by atoms with E-state index < -0.39 is 5.91 Å². The predicted octanol–water partition coefficient (Wildman–Crippen LogP) is 1.54. The van der Waals surface area contributed by atoms with Crippen molar-refractivity contribution in [2.45, 2.75) is 40.3 Å². The molecule has 0 spiro atoms. The van der Waals surface area contributed by atoms with Crippen molar-refractivity contribution in [2.24, 2.45) is 0 Å². The number of H-pyrrole nitrogens is 1. The van der Waals surface area contributed by atoms with E-state index in [-0.39, 0.29) is 35.3 Å². The Balaban J connectivity index is 1.94. The van der Waals surface area contributed by atoms with Gasteiger partial charge in [0.25, 0.3) is 17.4 Å². The van der Waals surface area contributed by atoms with E-state index in [4.69, 9.17) is 0 Å². The van der Waals surface area contributed by atoms with Crippen LogP contribution in [0.2, 0.25) is 0 Å². The molecule has 0 fully saturated rings. The second-order valence-corrected chi connectivity index (χ2v) is 8.66. The van der Waals surface area contributed by atoms with Gasteiger partial charge in [-0.05, 0) is 59.5 Å². The number of carbonyl (C=O) groups is 2. The summed E-state index contributed by atoms with van der Waals surface area (Å²) in [6.45, 7) is 8.72. The highest BCUT2D eigenvalue weighted by atomic mass is 16.2. The summed E-state index contributed by atoms with van der Waals surface area (Å²) >= 11 is 0. The van der Waals surface area contributed by atoms with Crippen molar-refractivity contribution in [1.29, 1.82) is 0 Å². The zero-order valence-corrected chi connectivity index (χ0v) is 19.9. The SMILES string of the molecule is Cc1cc(C)c(CNC(=O)c2cc(C(=O)NCCN(C)C)nc3c2cnn3C(C)C)c(=O)[nH]1. The molecule has 0 unspecified atom stereocenters. The summed E-state index contributed by atoms with van der Waals surface area (Å²) in [6.07, 6.45) is 1.58. The fourth-order valence-corrected chi connectivity index (χ4v) is 3.55. The first-order valence-corrected chi connectivity index (χ1v) is 10.9. The molecule has 3 aromatic rings. The zero-order valence-electron chi connectivity index (χ0n) is 19.9. The molecule has 33 heavy (non-hydrogen) atoms. The molecule has 2 amide bonds. The monoisotopic (exact) mass is 453 g/mol. The molecule has 0 aliphatic carbocycles. The third-order valence-electron chi connectivity index (χ3n) is 5.30. The first-order valence-electron chi connectivity index (χ1n) is 10.9. The molecule has 10 nitrogen and oxygen atoms in total. The Hall–Kier alpha value is -3.53. The van der Waals surface area contributed by atoms with Crippen molar-refractivity contribution in [3.8, 4) is 0 Å². The molecule has 0 aliphatic rings. The maximum absolute atomic E-state index is 13.2. The molecule has 3 N–H and O–H groups in total. The minimum absolute atomic E-state index is 0.00766. The van der Waals surface area contributed by atoms with E-state index in [2.05, 4.69) is 25.7 Å². The van der Waals surface area contributed by atoms with Crippen LogP contribution in [0.1, 0.15) is 57.6 Å². The van der Waals surface area contributed by atoms with Crippen LogP contribution in [0.15, 0.2) is 23.1 Å². The maximum Gasteiger partial charge on any atom is 0.270 e. The van der Waals surface area contributed by atoms with E-state index in [0.717, 1.165) is 11.3 Å². The summed E-state index contributed by atoms with van der Waals surface area (Å²) in [5, 5.41) is 10.5. The summed E-state index contributed by atoms with van der Waals surface area (Å²) in [6, 6.07) is 3.32. The summed E-state index contributed by atoms with van der Waals surface area (Å²) in [5.74, 6) is -0.775. The molecule has 3 heterocycles. The topological polar surface area (TPSA) is 125 Å². The number of hydrogen-bond acceptors (Lipinski definition) is 6. The summed E-state index contributed by atoms with van der Waals surface area (Å²) in [5.41, 5.74) is 2.68. The van der Waals surface area contributed by atoms with Crippen molar-refractivity contribution in [3.63, 3.8) is 0 Å². The fraction of sp³-hybridized carbons (Fsp3) is 0.435. The van der Waals surface area contributed by atoms with Gasteiger partial charge in [-0.15, -0.1) is 0 Å². The smallest absolute Gasteiger partial charge is 0.270 e. The van der Waals surface area contributed by atoms with Crippen molar-refractivity contribution >= 4 is 22.8 Å². The molecular weight excluding hydrogens is 422 g/mol. The summed E-state index contributed by atoms with van der Waals surface area (Å²) < 4.78 is 1.68. The maximum atomic E-state index is 13.2. The van der Waals surface area contributed by atoms with Crippen LogP contribution in [0.4, 0.5) is 0 Å². The van der Waals surface area contributed by atoms with Crippen molar-refractivity contribution in [1.82, 2.24) is 35.3 Å². The number of nitrogens with one attached hydrogen (secondary N) is 3. The van der Waals surface area contributed by atoms with Gasteiger partial charge in [0.2, 0.25) is 0 Å². The highest BCUT2D eigenvalue weighted by Gasteiger charge is 2.21. The lowest BCUT2D eigenvalue weighted by Gasteiger charge is -2.13. The van der Waals surface area contributed by atoms with Crippen LogP contribution in [-0.4, -0.2) is 63.6 Å². The minimum Gasteiger partial charge on any atom is -0.349 e. The highest BCUT2D eigenvalue weighted by molar-refractivity contribution is 6.08. The first-order chi connectivity index (χ1) is 15.6. The van der Waals surface area contributed by atoms with Gasteiger partial charge in [-0.25, -0.2) is 9.67 Å². The number of pyridine rings is 2. The van der Waals surface area contributed by atoms with Crippen molar-refractivity contribution in [3.05, 3.63) is 56.8 Å². The number of aromatic amines is 1. The number of hydrogen-bond donors (Lipinski definition) is 3. The normalized spacial score (nSPS) is 11.4. The molecule has 0 aliphatic heterocycles. The molecule has 0 atom stereocenters. The molecule has 0 saturated carbocycles. The highest BCUT2D eigenvalue weighted by Crippen LogP contribution is 2.21. The number of fused-ring (bicyclic) bond motifs is 1. The van der Waals surface area contributed by atoms with Gasteiger partial charge < -0.3 is 20.5 Å². The standard InChI is InChI=1S/C23H31N7O3/c1-13(2)30-20-18(12-26-30)16(10-19(28-20)23(33)24-7-8-29(5)6)21(31)25-11-17-14(3)9-15(4)27-22(17)32/h9-10,12-13H,7-8,11H2,1-6H3,(H,24,33)(H,25,31)(H,27,32). The lowest BCUT2D eigenvalue weighted by Crippen LogP contribution is -2.32. The Morgan fingerprint density at radius 2 is 1.88 bits per heavy atom. The van der Waals surface area contributed by atoms with Crippen LogP contribution in [0.25, 0.3) is 11.0 Å². The van der Waals surface area contributed by atoms with Gasteiger partial charge in [-0.1, -0.05) is 0 Å². The number of amides is 2. The minimum atomic E-state index is -0.410. The summed E-state index contributed by atoms with van der Waals surface area (Å²) in [7, 11) is 3.84. The third-order valence-corrected chi connectivity index (χ3v) is 5.30. The Morgan fingerprint density at radius 1 is 1.15 bits per heavy atom. The Bertz CT molecular complexity index is 1240. The van der Waals surface area contributed by atoms with E-state index >= 15 is 0 Å². The molecule has 0 saturated heterocycles. The van der Waals surface area contributed by atoms with E-state index in [1.807, 2.05) is 52.8 Å². The van der Waals surface area contributed by atoms with E-state index in [0.29, 0.717) is 29.7 Å². The van der Waals surface area contributed by atoms with Crippen LogP contribution in [-0.2, 0) is 6.54 Å². The fourth-order valence-electron chi connectivity index (χ4n) is 3.55. The van der Waals surface area contributed by atoms with Crippen LogP contribution in [0.3, 0.4) is 0 Å². The van der Waals surface area contributed by atoms with E-state index in [1.165, 1.54) is 6.07 Å². The lowest BCUT2D eigenvalue weighted by atomic mass is 10.1. The Kier molecular flexibility index (Phi) is 7.27. The Morgan fingerprint density at radius 3 is 2.52 bits per heavy atom. The molecule has 3 rings (SSSR count). The van der Waals surface area contributed by atoms with E-state index in [9.17, 15) is 14.4 Å². The molecule has 10 heteroatoms. The zero-order chi connectivity index (χ0) is 24.3. The number of aryl methyl sites for hydroxylation is 2. The Labute approximate surface area is 192 Å². The number of rotatable bonds is 8. The largest absolute Gasteiger partial charge is 0.349 e. The number of aromatic nitrogens is 4. The number of likely N-dealkylation sites (N-methyl/N-ethyl adjacent to an activating group) is 1. The van der Waals surface area contributed by atoms with Crippen molar-refractivity contribution < 1.29 is 9.59 Å². The van der Waals surface area contributed by atoms with E-state index in [1.54, 1.807) is 10.9 Å². The quantitative estimate of drug-likeness (QED) is 0.475. The van der Waals surface area contributed by atoms with Crippen LogP contribution >= 0.6 is 0 Å².